The summed E-state index contributed by atoms with van der Waals surface area (Å²) in [6.45, 7) is 3.90. The Bertz CT molecular complexity index is 1120. The lowest BCUT2D eigenvalue weighted by Crippen LogP contribution is -2.26. The van der Waals surface area contributed by atoms with Crippen LogP contribution in [0.15, 0.2) is 65.7 Å². The average molecular weight is 388 g/mol. The van der Waals surface area contributed by atoms with Crippen molar-refractivity contribution in [1.29, 1.82) is 0 Å². The second kappa shape index (κ2) is 8.05. The summed E-state index contributed by atoms with van der Waals surface area (Å²) in [5.41, 5.74) is 2.09. The molecule has 8 heteroatoms. The normalized spacial score (nSPS) is 11.9. The Morgan fingerprint density at radius 1 is 1.21 bits per heavy atom. The molecule has 146 valence electrons. The first-order valence-electron chi connectivity index (χ1n) is 9.33. The largest absolute Gasteiger partial charge is 0.344 e. The molecule has 1 amide bonds. The summed E-state index contributed by atoms with van der Waals surface area (Å²) in [6.07, 6.45) is 5.55. The number of benzene rings is 1. The number of hydrogen-bond donors (Lipinski definition) is 1. The van der Waals surface area contributed by atoms with E-state index in [0.717, 1.165) is 11.1 Å². The number of imidazole rings is 1. The Labute approximate surface area is 167 Å². The molecular formula is C21H20N6O2. The molecule has 0 radical (unpaired) electrons. The Morgan fingerprint density at radius 3 is 2.79 bits per heavy atom. The Balaban J connectivity index is 1.51. The molecule has 0 fully saturated rings. The van der Waals surface area contributed by atoms with Crippen LogP contribution in [0, 0.1) is 0 Å². The fourth-order valence-electron chi connectivity index (χ4n) is 2.87. The minimum Gasteiger partial charge on any atom is -0.344 e. The van der Waals surface area contributed by atoms with Gasteiger partial charge in [0.1, 0.15) is 17.8 Å². The van der Waals surface area contributed by atoms with E-state index in [4.69, 9.17) is 4.52 Å². The number of carbonyl (C=O) groups is 1. The van der Waals surface area contributed by atoms with E-state index in [-0.39, 0.29) is 11.9 Å². The van der Waals surface area contributed by atoms with Gasteiger partial charge in [-0.1, -0.05) is 42.4 Å². The standard InChI is InChI=1S/C21H20N6O2/c1-3-18-25-21(29-26-18)16-9-10-22-19(11-16)27-12-17(23-13-27)20(28)24-14(2)15-7-5-4-6-8-15/h4-14H,3H2,1-2H3,(H,24,28). The van der Waals surface area contributed by atoms with Gasteiger partial charge in [0.25, 0.3) is 11.8 Å². The number of rotatable bonds is 6. The molecule has 8 nitrogen and oxygen atoms in total. The highest BCUT2D eigenvalue weighted by molar-refractivity contribution is 5.92. The van der Waals surface area contributed by atoms with Gasteiger partial charge in [0.2, 0.25) is 0 Å². The molecule has 0 saturated heterocycles. The predicted molar refractivity (Wildman–Crippen MR) is 106 cm³/mol. The Kier molecular flexibility index (Phi) is 5.15. The summed E-state index contributed by atoms with van der Waals surface area (Å²) < 4.78 is 6.97. The third kappa shape index (κ3) is 4.06. The van der Waals surface area contributed by atoms with Crippen molar-refractivity contribution >= 4 is 5.91 Å². The number of pyridine rings is 1. The number of aromatic nitrogens is 5. The van der Waals surface area contributed by atoms with E-state index in [1.54, 1.807) is 29.4 Å². The van der Waals surface area contributed by atoms with Gasteiger partial charge in [-0.2, -0.15) is 4.98 Å². The highest BCUT2D eigenvalue weighted by atomic mass is 16.5. The van der Waals surface area contributed by atoms with Gasteiger partial charge in [0, 0.05) is 24.4 Å². The lowest BCUT2D eigenvalue weighted by Gasteiger charge is -2.13. The van der Waals surface area contributed by atoms with Gasteiger partial charge in [-0.3, -0.25) is 9.36 Å². The van der Waals surface area contributed by atoms with Crippen LogP contribution in [0.1, 0.15) is 41.8 Å². The maximum absolute atomic E-state index is 12.6. The molecule has 4 aromatic rings. The maximum atomic E-state index is 12.6. The third-order valence-corrected chi connectivity index (χ3v) is 4.50. The molecule has 0 spiro atoms. The first-order chi connectivity index (χ1) is 14.1. The summed E-state index contributed by atoms with van der Waals surface area (Å²) in [5.74, 6) is 1.43. The van der Waals surface area contributed by atoms with Gasteiger partial charge in [-0.25, -0.2) is 9.97 Å². The highest BCUT2D eigenvalue weighted by Gasteiger charge is 2.15. The smallest absolute Gasteiger partial charge is 0.271 e. The van der Waals surface area contributed by atoms with Crippen LogP contribution in [-0.2, 0) is 6.42 Å². The van der Waals surface area contributed by atoms with E-state index in [0.29, 0.717) is 29.6 Å². The zero-order valence-electron chi connectivity index (χ0n) is 16.1. The monoisotopic (exact) mass is 388 g/mol. The fourth-order valence-corrected chi connectivity index (χ4v) is 2.87. The zero-order valence-corrected chi connectivity index (χ0v) is 16.1. The quantitative estimate of drug-likeness (QED) is 0.544. The second-order valence-electron chi connectivity index (χ2n) is 6.54. The van der Waals surface area contributed by atoms with Gasteiger partial charge in [-0.15, -0.1) is 0 Å². The van der Waals surface area contributed by atoms with Gasteiger partial charge in [0.15, 0.2) is 5.82 Å². The molecule has 0 aliphatic carbocycles. The molecule has 0 bridgehead atoms. The van der Waals surface area contributed by atoms with Gasteiger partial charge in [-0.05, 0) is 24.6 Å². The zero-order chi connectivity index (χ0) is 20.2. The predicted octanol–water partition coefficient (Wildman–Crippen LogP) is 3.37. The number of nitrogens with zero attached hydrogens (tertiary/aromatic N) is 5. The van der Waals surface area contributed by atoms with E-state index in [1.807, 2.05) is 50.2 Å². The average Bonchev–Trinajstić information content (AvgIpc) is 3.44. The summed E-state index contributed by atoms with van der Waals surface area (Å²) in [5, 5.41) is 6.87. The van der Waals surface area contributed by atoms with Crippen molar-refractivity contribution in [1.82, 2.24) is 30.0 Å². The third-order valence-electron chi connectivity index (χ3n) is 4.50. The first kappa shape index (κ1) is 18.5. The fraction of sp³-hybridized carbons (Fsp3) is 0.190. The van der Waals surface area contributed by atoms with Crippen LogP contribution in [0.5, 0.6) is 0 Å². The molecule has 29 heavy (non-hydrogen) atoms. The number of amides is 1. The maximum Gasteiger partial charge on any atom is 0.271 e. The SMILES string of the molecule is CCc1noc(-c2ccnc(-n3cnc(C(=O)NC(C)c4ccccc4)c3)c2)n1. The van der Waals surface area contributed by atoms with Crippen molar-refractivity contribution in [2.75, 3.05) is 0 Å². The van der Waals surface area contributed by atoms with E-state index in [2.05, 4.69) is 25.4 Å². The van der Waals surface area contributed by atoms with Gasteiger partial charge >= 0.3 is 0 Å². The van der Waals surface area contributed by atoms with Crippen molar-refractivity contribution in [3.05, 3.63) is 78.3 Å². The van der Waals surface area contributed by atoms with Crippen molar-refractivity contribution in [2.45, 2.75) is 26.3 Å². The molecule has 4 rings (SSSR count). The van der Waals surface area contributed by atoms with Crippen LogP contribution in [-0.4, -0.2) is 30.6 Å². The molecule has 0 saturated carbocycles. The lowest BCUT2D eigenvalue weighted by molar-refractivity contribution is 0.0935. The van der Waals surface area contributed by atoms with Crippen molar-refractivity contribution < 1.29 is 9.32 Å². The minimum atomic E-state index is -0.249. The summed E-state index contributed by atoms with van der Waals surface area (Å²) in [7, 11) is 0. The van der Waals surface area contributed by atoms with Crippen molar-refractivity contribution in [2.24, 2.45) is 0 Å². The van der Waals surface area contributed by atoms with Crippen LogP contribution in [0.4, 0.5) is 0 Å². The van der Waals surface area contributed by atoms with Crippen LogP contribution >= 0.6 is 0 Å². The van der Waals surface area contributed by atoms with Crippen LogP contribution in [0.2, 0.25) is 0 Å². The number of carbonyl (C=O) groups excluding carboxylic acids is 1. The van der Waals surface area contributed by atoms with Crippen molar-refractivity contribution in [3.8, 4) is 17.3 Å². The minimum absolute atomic E-state index is 0.124. The summed E-state index contributed by atoms with van der Waals surface area (Å²) >= 11 is 0. The van der Waals surface area contributed by atoms with Crippen LogP contribution in [0.25, 0.3) is 17.3 Å². The number of nitrogens with one attached hydrogen (secondary N) is 1. The number of aryl methyl sites for hydroxylation is 1. The molecule has 1 atom stereocenters. The summed E-state index contributed by atoms with van der Waals surface area (Å²) in [6, 6.07) is 13.3. The molecule has 1 aromatic carbocycles. The molecule has 3 aromatic heterocycles. The molecule has 0 aliphatic heterocycles. The van der Waals surface area contributed by atoms with E-state index in [9.17, 15) is 4.79 Å². The first-order valence-corrected chi connectivity index (χ1v) is 9.33. The Morgan fingerprint density at radius 2 is 2.03 bits per heavy atom. The van der Waals surface area contributed by atoms with Gasteiger partial charge in [0.05, 0.1) is 6.04 Å². The molecule has 0 aliphatic rings. The van der Waals surface area contributed by atoms with Crippen LogP contribution < -0.4 is 5.32 Å². The highest BCUT2D eigenvalue weighted by Crippen LogP contribution is 2.19. The van der Waals surface area contributed by atoms with E-state index >= 15 is 0 Å². The molecule has 3 heterocycles. The number of hydrogen-bond acceptors (Lipinski definition) is 6. The van der Waals surface area contributed by atoms with E-state index < -0.39 is 0 Å². The van der Waals surface area contributed by atoms with E-state index in [1.165, 1.54) is 0 Å². The van der Waals surface area contributed by atoms with Crippen LogP contribution in [0.3, 0.4) is 0 Å². The molecule has 1 N–H and O–H groups in total. The molecular weight excluding hydrogens is 368 g/mol. The topological polar surface area (TPSA) is 98.7 Å². The molecule has 1 unspecified atom stereocenters. The summed E-state index contributed by atoms with van der Waals surface area (Å²) in [4.78, 5) is 25.5. The Hall–Kier alpha value is -3.81. The van der Waals surface area contributed by atoms with Crippen molar-refractivity contribution in [3.63, 3.8) is 0 Å². The second-order valence-corrected chi connectivity index (χ2v) is 6.54. The lowest BCUT2D eigenvalue weighted by atomic mass is 10.1. The van der Waals surface area contributed by atoms with Gasteiger partial charge < -0.3 is 9.84 Å².